The van der Waals surface area contributed by atoms with Crippen molar-refractivity contribution in [1.82, 2.24) is 0 Å². The van der Waals surface area contributed by atoms with Crippen molar-refractivity contribution in [2.45, 2.75) is 6.04 Å². The fourth-order valence-corrected chi connectivity index (χ4v) is 0.515. The van der Waals surface area contributed by atoms with Crippen LogP contribution in [-0.4, -0.2) is 19.1 Å². The number of ether oxygens (including phenoxy) is 1. The molecule has 0 saturated heterocycles. The van der Waals surface area contributed by atoms with Crippen LogP contribution in [0.25, 0.3) is 0 Å². The first-order valence-corrected chi connectivity index (χ1v) is 2.49. The first-order chi connectivity index (χ1) is 4.34. The number of carbonyl (C=O) groups is 1. The smallest absolute Gasteiger partial charge is 0.336 e. The molecule has 1 atom stereocenters. The van der Waals surface area contributed by atoms with E-state index >= 15 is 0 Å². The molecule has 4 heteroatoms. The van der Waals surface area contributed by atoms with Gasteiger partial charge in [-0.1, -0.05) is 0 Å². The first kappa shape index (κ1) is 5.94. The van der Waals surface area contributed by atoms with Crippen molar-refractivity contribution in [2.75, 3.05) is 7.11 Å². The average Bonchev–Trinajstić information content (AvgIpc) is 2.37. The number of hydrogen-bond acceptors (Lipinski definition) is 4. The second kappa shape index (κ2) is 2.39. The molecule has 9 heavy (non-hydrogen) atoms. The lowest BCUT2D eigenvalue weighted by atomic mass is 10.3. The van der Waals surface area contributed by atoms with E-state index in [-0.39, 0.29) is 5.97 Å². The van der Waals surface area contributed by atoms with Gasteiger partial charge in [-0.15, -0.1) is 0 Å². The molecule has 0 bridgehead atoms. The van der Waals surface area contributed by atoms with Gasteiger partial charge in [0.25, 0.3) is 0 Å². The Morgan fingerprint density at radius 1 is 1.78 bits per heavy atom. The number of carbonyl (C=O) groups excluding carboxylic acids is 1. The molecule has 0 N–H and O–H groups in total. The van der Waals surface area contributed by atoms with Crippen LogP contribution in [0, 0.1) is 0 Å². The quantitative estimate of drug-likeness (QED) is 0.480. The van der Waals surface area contributed by atoms with Gasteiger partial charge in [0.05, 0.1) is 7.11 Å². The standard InChI is InChI=1S/C5H6N2O2/c1-9-5(8)4-2-3-6-7-4/h2-4H,1H3. The Bertz CT molecular complexity index is 162. The molecule has 0 fully saturated rings. The van der Waals surface area contributed by atoms with Crippen molar-refractivity contribution in [3.63, 3.8) is 0 Å². The maximum Gasteiger partial charge on any atom is 0.336 e. The van der Waals surface area contributed by atoms with E-state index < -0.39 is 6.04 Å². The summed E-state index contributed by atoms with van der Waals surface area (Å²) in [6.07, 6.45) is 3.05. The minimum absolute atomic E-state index is 0.368. The van der Waals surface area contributed by atoms with Crippen LogP contribution in [0.2, 0.25) is 0 Å². The third-order valence-electron chi connectivity index (χ3n) is 0.969. The summed E-state index contributed by atoms with van der Waals surface area (Å²) in [4.78, 5) is 10.6. The summed E-state index contributed by atoms with van der Waals surface area (Å²) in [7, 11) is 1.32. The molecule has 48 valence electrons. The molecule has 0 aromatic heterocycles. The number of rotatable bonds is 1. The van der Waals surface area contributed by atoms with Gasteiger partial charge in [0.15, 0.2) is 6.04 Å². The number of esters is 1. The molecular formula is C5H6N2O2. The number of hydrogen-bond donors (Lipinski definition) is 0. The zero-order valence-corrected chi connectivity index (χ0v) is 4.94. The van der Waals surface area contributed by atoms with Crippen molar-refractivity contribution in [2.24, 2.45) is 10.2 Å². The van der Waals surface area contributed by atoms with E-state index in [1.54, 1.807) is 6.08 Å². The summed E-state index contributed by atoms with van der Waals surface area (Å²) in [5, 5.41) is 7.02. The fraction of sp³-hybridized carbons (Fsp3) is 0.400. The number of azo groups is 1. The highest BCUT2D eigenvalue weighted by molar-refractivity contribution is 5.78. The van der Waals surface area contributed by atoms with Crippen molar-refractivity contribution >= 4 is 5.97 Å². The van der Waals surface area contributed by atoms with Crippen LogP contribution < -0.4 is 0 Å². The van der Waals surface area contributed by atoms with E-state index in [0.29, 0.717) is 0 Å². The first-order valence-electron chi connectivity index (χ1n) is 2.49. The van der Waals surface area contributed by atoms with Gasteiger partial charge in [0.2, 0.25) is 0 Å². The largest absolute Gasteiger partial charge is 0.467 e. The SMILES string of the molecule is COC(=O)C1C=CN=N1. The van der Waals surface area contributed by atoms with E-state index in [1.165, 1.54) is 13.3 Å². The van der Waals surface area contributed by atoms with Crippen LogP contribution >= 0.6 is 0 Å². The zero-order chi connectivity index (χ0) is 6.69. The van der Waals surface area contributed by atoms with Gasteiger partial charge in [-0.05, 0) is 6.08 Å². The second-order valence-electron chi connectivity index (χ2n) is 1.54. The Hall–Kier alpha value is -1.19. The maximum atomic E-state index is 10.6. The molecule has 4 nitrogen and oxygen atoms in total. The molecule has 1 unspecified atom stereocenters. The molecule has 1 aliphatic rings. The third kappa shape index (κ3) is 1.13. The zero-order valence-electron chi connectivity index (χ0n) is 4.94. The minimum atomic E-state index is -0.505. The van der Waals surface area contributed by atoms with E-state index in [0.717, 1.165) is 0 Å². The molecule has 0 spiro atoms. The van der Waals surface area contributed by atoms with Crippen LogP contribution in [0.3, 0.4) is 0 Å². The second-order valence-corrected chi connectivity index (χ2v) is 1.54. The topological polar surface area (TPSA) is 51.0 Å². The molecule has 0 saturated carbocycles. The summed E-state index contributed by atoms with van der Waals surface area (Å²) >= 11 is 0. The molecule has 0 aromatic rings. The van der Waals surface area contributed by atoms with Crippen molar-refractivity contribution in [1.29, 1.82) is 0 Å². The molecule has 1 aliphatic heterocycles. The predicted molar refractivity (Wildman–Crippen MR) is 29.8 cm³/mol. The lowest BCUT2D eigenvalue weighted by Crippen LogP contribution is -2.15. The Morgan fingerprint density at radius 3 is 3.00 bits per heavy atom. The maximum absolute atomic E-state index is 10.6. The van der Waals surface area contributed by atoms with Gasteiger partial charge in [0.1, 0.15) is 0 Å². The number of methoxy groups -OCH3 is 1. The lowest BCUT2D eigenvalue weighted by Gasteiger charge is -1.97. The number of nitrogens with zero attached hydrogens (tertiary/aromatic N) is 2. The van der Waals surface area contributed by atoms with Gasteiger partial charge in [0, 0.05) is 6.20 Å². The predicted octanol–water partition coefficient (Wildman–Crippen LogP) is 0.507. The van der Waals surface area contributed by atoms with Crippen molar-refractivity contribution < 1.29 is 9.53 Å². The summed E-state index contributed by atoms with van der Waals surface area (Å²) in [6, 6.07) is -0.505. The van der Waals surface area contributed by atoms with Crippen molar-refractivity contribution in [3.8, 4) is 0 Å². The molecule has 0 amide bonds. The third-order valence-corrected chi connectivity index (χ3v) is 0.969. The van der Waals surface area contributed by atoms with E-state index in [4.69, 9.17) is 0 Å². The Kier molecular flexibility index (Phi) is 1.58. The molecule has 1 heterocycles. The fourth-order valence-electron chi connectivity index (χ4n) is 0.515. The molecule has 0 radical (unpaired) electrons. The Labute approximate surface area is 52.2 Å². The monoisotopic (exact) mass is 126 g/mol. The molecule has 1 rings (SSSR count). The Morgan fingerprint density at radius 2 is 2.56 bits per heavy atom. The van der Waals surface area contributed by atoms with Crippen LogP contribution in [-0.2, 0) is 9.53 Å². The van der Waals surface area contributed by atoms with Crippen LogP contribution in [0.5, 0.6) is 0 Å². The van der Waals surface area contributed by atoms with Gasteiger partial charge in [-0.25, -0.2) is 4.79 Å². The van der Waals surface area contributed by atoms with Gasteiger partial charge < -0.3 is 4.74 Å². The van der Waals surface area contributed by atoms with Crippen molar-refractivity contribution in [3.05, 3.63) is 12.3 Å². The van der Waals surface area contributed by atoms with Gasteiger partial charge in [-0.3, -0.25) is 0 Å². The summed E-state index contributed by atoms with van der Waals surface area (Å²) in [5.74, 6) is -0.368. The van der Waals surface area contributed by atoms with Gasteiger partial charge >= 0.3 is 5.97 Å². The summed E-state index contributed by atoms with van der Waals surface area (Å²) < 4.78 is 4.39. The van der Waals surface area contributed by atoms with Crippen LogP contribution in [0.1, 0.15) is 0 Å². The van der Waals surface area contributed by atoms with Crippen LogP contribution in [0.15, 0.2) is 22.5 Å². The highest BCUT2D eigenvalue weighted by Crippen LogP contribution is 2.04. The van der Waals surface area contributed by atoms with E-state index in [2.05, 4.69) is 15.0 Å². The highest BCUT2D eigenvalue weighted by atomic mass is 16.5. The minimum Gasteiger partial charge on any atom is -0.467 e. The summed E-state index contributed by atoms with van der Waals surface area (Å²) in [5.41, 5.74) is 0. The average molecular weight is 126 g/mol. The molecule has 0 aliphatic carbocycles. The van der Waals surface area contributed by atoms with E-state index in [9.17, 15) is 4.79 Å². The normalized spacial score (nSPS) is 22.6. The summed E-state index contributed by atoms with van der Waals surface area (Å²) in [6.45, 7) is 0. The molecular weight excluding hydrogens is 120 g/mol. The van der Waals surface area contributed by atoms with E-state index in [1.807, 2.05) is 0 Å². The van der Waals surface area contributed by atoms with Gasteiger partial charge in [-0.2, -0.15) is 10.2 Å². The molecule has 0 aromatic carbocycles. The highest BCUT2D eigenvalue weighted by Gasteiger charge is 2.16. The lowest BCUT2D eigenvalue weighted by molar-refractivity contribution is -0.140. The van der Waals surface area contributed by atoms with Crippen LogP contribution in [0.4, 0.5) is 0 Å². The Balaban J connectivity index is 2.53.